The molecule has 16 heavy (non-hydrogen) atoms. The SMILES string of the molecule is FC(F)(F)c1nc2ncccc2cc1CCl. The summed E-state index contributed by atoms with van der Waals surface area (Å²) < 4.78 is 37.8. The van der Waals surface area contributed by atoms with E-state index >= 15 is 0 Å². The van der Waals surface area contributed by atoms with Gasteiger partial charge >= 0.3 is 6.18 Å². The molecule has 0 atom stereocenters. The van der Waals surface area contributed by atoms with E-state index in [0.717, 1.165) is 0 Å². The lowest BCUT2D eigenvalue weighted by molar-refractivity contribution is -0.141. The Labute approximate surface area is 94.1 Å². The van der Waals surface area contributed by atoms with Crippen LogP contribution in [0.15, 0.2) is 24.4 Å². The first-order chi connectivity index (χ1) is 7.52. The number of pyridine rings is 2. The zero-order valence-corrected chi connectivity index (χ0v) is 8.68. The molecule has 2 aromatic heterocycles. The van der Waals surface area contributed by atoms with E-state index in [9.17, 15) is 13.2 Å². The molecule has 0 fully saturated rings. The topological polar surface area (TPSA) is 25.8 Å². The van der Waals surface area contributed by atoms with E-state index in [4.69, 9.17) is 11.6 Å². The van der Waals surface area contributed by atoms with E-state index < -0.39 is 11.9 Å². The average Bonchev–Trinajstić information content (AvgIpc) is 2.26. The largest absolute Gasteiger partial charge is 0.433 e. The van der Waals surface area contributed by atoms with Crippen LogP contribution in [0, 0.1) is 0 Å². The maximum Gasteiger partial charge on any atom is 0.433 e. The average molecular weight is 247 g/mol. The maximum atomic E-state index is 12.6. The summed E-state index contributed by atoms with van der Waals surface area (Å²) in [6.07, 6.45) is -3.11. The summed E-state index contributed by atoms with van der Waals surface area (Å²) in [4.78, 5) is 7.27. The molecule has 84 valence electrons. The molecular weight excluding hydrogens is 241 g/mol. The maximum absolute atomic E-state index is 12.6. The van der Waals surface area contributed by atoms with Gasteiger partial charge in [0.15, 0.2) is 11.3 Å². The molecule has 0 unspecified atom stereocenters. The fourth-order valence-electron chi connectivity index (χ4n) is 1.40. The van der Waals surface area contributed by atoms with Crippen LogP contribution < -0.4 is 0 Å². The third-order valence-corrected chi connectivity index (χ3v) is 2.37. The molecule has 6 heteroatoms. The lowest BCUT2D eigenvalue weighted by Crippen LogP contribution is -2.11. The summed E-state index contributed by atoms with van der Waals surface area (Å²) in [6.45, 7) is 0. The van der Waals surface area contributed by atoms with Crippen LogP contribution in [0.2, 0.25) is 0 Å². The molecule has 0 saturated carbocycles. The third kappa shape index (κ3) is 1.95. The van der Waals surface area contributed by atoms with Crippen molar-refractivity contribution in [3.05, 3.63) is 35.7 Å². The minimum Gasteiger partial charge on any atom is -0.237 e. The van der Waals surface area contributed by atoms with Crippen LogP contribution in [0.5, 0.6) is 0 Å². The van der Waals surface area contributed by atoms with Gasteiger partial charge in [-0.3, -0.25) is 0 Å². The Balaban J connectivity index is 2.73. The number of hydrogen-bond acceptors (Lipinski definition) is 2. The van der Waals surface area contributed by atoms with Crippen molar-refractivity contribution in [3.8, 4) is 0 Å². The monoisotopic (exact) mass is 246 g/mol. The number of alkyl halides is 4. The molecule has 0 amide bonds. The van der Waals surface area contributed by atoms with Crippen LogP contribution in [0.4, 0.5) is 13.2 Å². The number of hydrogen-bond donors (Lipinski definition) is 0. The minimum atomic E-state index is -4.50. The Hall–Kier alpha value is -1.36. The molecule has 0 aromatic carbocycles. The molecule has 0 aliphatic heterocycles. The van der Waals surface area contributed by atoms with Gasteiger partial charge in [0, 0.05) is 17.5 Å². The normalized spacial score (nSPS) is 12.0. The van der Waals surface area contributed by atoms with Crippen LogP contribution in [0.25, 0.3) is 11.0 Å². The highest BCUT2D eigenvalue weighted by molar-refractivity contribution is 6.17. The first-order valence-corrected chi connectivity index (χ1v) is 4.93. The van der Waals surface area contributed by atoms with Gasteiger partial charge in [-0.1, -0.05) is 0 Å². The molecule has 2 rings (SSSR count). The number of halogens is 4. The second-order valence-electron chi connectivity index (χ2n) is 3.18. The molecular formula is C10H6ClF3N2. The van der Waals surface area contributed by atoms with E-state index in [-0.39, 0.29) is 17.1 Å². The molecule has 2 nitrogen and oxygen atoms in total. The predicted octanol–water partition coefficient (Wildman–Crippen LogP) is 3.39. The van der Waals surface area contributed by atoms with Crippen molar-refractivity contribution in [1.29, 1.82) is 0 Å². The summed E-state index contributed by atoms with van der Waals surface area (Å²) in [5.41, 5.74) is -0.924. The first-order valence-electron chi connectivity index (χ1n) is 4.40. The van der Waals surface area contributed by atoms with Gasteiger partial charge in [-0.2, -0.15) is 13.2 Å². The van der Waals surface area contributed by atoms with Crippen molar-refractivity contribution in [2.45, 2.75) is 12.1 Å². The number of aromatic nitrogens is 2. The van der Waals surface area contributed by atoms with Gasteiger partial charge in [-0.25, -0.2) is 9.97 Å². The van der Waals surface area contributed by atoms with E-state index in [2.05, 4.69) is 9.97 Å². The Morgan fingerprint density at radius 2 is 2.06 bits per heavy atom. The predicted molar refractivity (Wildman–Crippen MR) is 54.1 cm³/mol. The fourth-order valence-corrected chi connectivity index (χ4v) is 1.60. The summed E-state index contributed by atoms with van der Waals surface area (Å²) in [7, 11) is 0. The van der Waals surface area contributed by atoms with Crippen LogP contribution >= 0.6 is 11.6 Å². The standard InChI is InChI=1S/C10H6ClF3N2/c11-5-7-4-6-2-1-3-15-9(6)16-8(7)10(12,13)14/h1-4H,5H2. The quantitative estimate of drug-likeness (QED) is 0.721. The van der Waals surface area contributed by atoms with Crippen LogP contribution in [-0.2, 0) is 12.1 Å². The van der Waals surface area contributed by atoms with Crippen LogP contribution in [0.1, 0.15) is 11.3 Å². The van der Waals surface area contributed by atoms with Crippen molar-refractivity contribution in [3.63, 3.8) is 0 Å². The van der Waals surface area contributed by atoms with Gasteiger partial charge in [0.2, 0.25) is 0 Å². The summed E-state index contributed by atoms with van der Waals surface area (Å²) >= 11 is 5.48. The molecule has 0 saturated heterocycles. The van der Waals surface area contributed by atoms with E-state index in [1.165, 1.54) is 12.3 Å². The molecule has 0 radical (unpaired) electrons. The third-order valence-electron chi connectivity index (χ3n) is 2.08. The van der Waals surface area contributed by atoms with E-state index in [1.807, 2.05) is 0 Å². The van der Waals surface area contributed by atoms with Gasteiger partial charge in [0.25, 0.3) is 0 Å². The Morgan fingerprint density at radius 3 is 2.69 bits per heavy atom. The highest BCUT2D eigenvalue weighted by Crippen LogP contribution is 2.32. The van der Waals surface area contributed by atoms with Gasteiger partial charge in [-0.05, 0) is 23.8 Å². The highest BCUT2D eigenvalue weighted by Gasteiger charge is 2.35. The van der Waals surface area contributed by atoms with Gasteiger partial charge in [0.1, 0.15) is 0 Å². The van der Waals surface area contributed by atoms with Crippen molar-refractivity contribution in [1.82, 2.24) is 9.97 Å². The zero-order valence-electron chi connectivity index (χ0n) is 7.92. The van der Waals surface area contributed by atoms with Crippen LogP contribution in [-0.4, -0.2) is 9.97 Å². The van der Waals surface area contributed by atoms with Crippen molar-refractivity contribution >= 4 is 22.6 Å². The summed E-state index contributed by atoms with van der Waals surface area (Å²) in [5.74, 6) is -0.229. The Bertz CT molecular complexity index is 525. The second-order valence-corrected chi connectivity index (χ2v) is 3.44. The fraction of sp³-hybridized carbons (Fsp3) is 0.200. The lowest BCUT2D eigenvalue weighted by Gasteiger charge is -2.10. The van der Waals surface area contributed by atoms with Crippen LogP contribution in [0.3, 0.4) is 0 Å². The van der Waals surface area contributed by atoms with E-state index in [1.54, 1.807) is 12.1 Å². The molecule has 0 aliphatic carbocycles. The molecule has 0 aliphatic rings. The van der Waals surface area contributed by atoms with Gasteiger partial charge in [-0.15, -0.1) is 11.6 Å². The summed E-state index contributed by atoms with van der Waals surface area (Å²) in [5, 5.41) is 0.547. The smallest absolute Gasteiger partial charge is 0.237 e. The number of nitrogens with zero attached hydrogens (tertiary/aromatic N) is 2. The van der Waals surface area contributed by atoms with Gasteiger partial charge < -0.3 is 0 Å². The molecule has 0 bridgehead atoms. The number of rotatable bonds is 1. The molecule has 2 aromatic rings. The second kappa shape index (κ2) is 3.90. The number of fused-ring (bicyclic) bond motifs is 1. The highest BCUT2D eigenvalue weighted by atomic mass is 35.5. The summed E-state index contributed by atoms with van der Waals surface area (Å²) in [6, 6.07) is 4.64. The first kappa shape index (κ1) is 11.1. The zero-order chi connectivity index (χ0) is 11.8. The van der Waals surface area contributed by atoms with E-state index in [0.29, 0.717) is 5.39 Å². The molecule has 0 N–H and O–H groups in total. The lowest BCUT2D eigenvalue weighted by atomic mass is 10.1. The Kier molecular flexibility index (Phi) is 2.71. The molecule has 2 heterocycles. The molecule has 0 spiro atoms. The van der Waals surface area contributed by atoms with Crippen molar-refractivity contribution in [2.75, 3.05) is 0 Å². The van der Waals surface area contributed by atoms with Crippen molar-refractivity contribution < 1.29 is 13.2 Å². The minimum absolute atomic E-state index is 0.0327. The van der Waals surface area contributed by atoms with Crippen molar-refractivity contribution in [2.24, 2.45) is 0 Å². The van der Waals surface area contributed by atoms with Gasteiger partial charge in [0.05, 0.1) is 0 Å². The Morgan fingerprint density at radius 1 is 1.31 bits per heavy atom.